The molecule has 2 aromatic rings. The van der Waals surface area contributed by atoms with E-state index in [2.05, 4.69) is 5.32 Å². The number of amides is 1. The molecular formula is C19H17F2NO4. The molecule has 2 atom stereocenters. The molecule has 0 saturated heterocycles. The molecule has 26 heavy (non-hydrogen) atoms. The normalized spacial score (nSPS) is 18.3. The molecule has 2 N–H and O–H groups in total. The lowest BCUT2D eigenvalue weighted by atomic mass is 10.1. The predicted octanol–water partition coefficient (Wildman–Crippen LogP) is 3.09. The van der Waals surface area contributed by atoms with Crippen molar-refractivity contribution in [3.05, 3.63) is 64.7 Å². The first kappa shape index (κ1) is 17.8. The number of ether oxygens (including phenoxy) is 1. The fourth-order valence-electron chi connectivity index (χ4n) is 2.98. The number of hydrogen-bond acceptors (Lipinski definition) is 3. The van der Waals surface area contributed by atoms with Gasteiger partial charge in [0.25, 0.3) is 0 Å². The van der Waals surface area contributed by atoms with E-state index in [1.165, 1.54) is 19.2 Å². The highest BCUT2D eigenvalue weighted by molar-refractivity contribution is 5.91. The molecule has 0 bridgehead atoms. The molecule has 1 fully saturated rings. The van der Waals surface area contributed by atoms with Crippen molar-refractivity contribution in [2.45, 2.75) is 18.9 Å². The third-order valence-electron chi connectivity index (χ3n) is 4.45. The number of carbonyl (C=O) groups excluding carboxylic acids is 1. The highest BCUT2D eigenvalue weighted by Gasteiger charge is 2.45. The Hall–Kier alpha value is -2.96. The molecule has 0 heterocycles. The van der Waals surface area contributed by atoms with Crippen molar-refractivity contribution in [1.29, 1.82) is 0 Å². The Morgan fingerprint density at radius 2 is 2.00 bits per heavy atom. The van der Waals surface area contributed by atoms with Gasteiger partial charge in [-0.3, -0.25) is 4.79 Å². The second-order valence-corrected chi connectivity index (χ2v) is 6.17. The predicted molar refractivity (Wildman–Crippen MR) is 89.0 cm³/mol. The minimum absolute atomic E-state index is 0.00498. The Bertz CT molecular complexity index is 869. The minimum atomic E-state index is -1.13. The fraction of sp³-hybridized carbons (Fsp3) is 0.263. The standard InChI is InChI=1S/C19H17F2NO4/c1-26-17-5-2-10(6-15(17)19(24)25)9-22-18(23)14-8-12(14)13-7-11(20)3-4-16(13)21/h2-7,12,14H,8-9H2,1H3,(H,22,23)(H,24,25)/t12-,14-/m1/s1. The van der Waals surface area contributed by atoms with Gasteiger partial charge in [0.1, 0.15) is 22.9 Å². The number of halogens is 2. The number of hydrogen-bond donors (Lipinski definition) is 2. The monoisotopic (exact) mass is 361 g/mol. The molecule has 1 amide bonds. The minimum Gasteiger partial charge on any atom is -0.496 e. The van der Waals surface area contributed by atoms with Gasteiger partial charge >= 0.3 is 5.97 Å². The molecule has 0 aromatic heterocycles. The van der Waals surface area contributed by atoms with Gasteiger partial charge < -0.3 is 15.2 Å². The molecule has 1 saturated carbocycles. The molecule has 0 radical (unpaired) electrons. The molecular weight excluding hydrogens is 344 g/mol. The van der Waals surface area contributed by atoms with E-state index < -0.39 is 23.5 Å². The van der Waals surface area contributed by atoms with E-state index in [1.54, 1.807) is 6.07 Å². The van der Waals surface area contributed by atoms with Gasteiger partial charge in [-0.2, -0.15) is 0 Å². The smallest absolute Gasteiger partial charge is 0.339 e. The molecule has 3 rings (SSSR count). The van der Waals surface area contributed by atoms with Gasteiger partial charge in [-0.25, -0.2) is 13.6 Å². The molecule has 7 heteroatoms. The first-order valence-electron chi connectivity index (χ1n) is 8.03. The summed E-state index contributed by atoms with van der Waals surface area (Å²) in [5, 5.41) is 11.9. The maximum absolute atomic E-state index is 13.8. The van der Waals surface area contributed by atoms with Crippen molar-refractivity contribution in [2.75, 3.05) is 7.11 Å². The van der Waals surface area contributed by atoms with E-state index in [0.717, 1.165) is 18.2 Å². The molecule has 2 aromatic carbocycles. The Labute approximate surface area is 148 Å². The summed E-state index contributed by atoms with van der Waals surface area (Å²) in [6.07, 6.45) is 0.454. The molecule has 0 spiro atoms. The fourth-order valence-corrected chi connectivity index (χ4v) is 2.98. The number of aromatic carboxylic acids is 1. The Balaban J connectivity index is 1.63. The first-order valence-corrected chi connectivity index (χ1v) is 8.03. The van der Waals surface area contributed by atoms with Crippen LogP contribution in [0.3, 0.4) is 0 Å². The van der Waals surface area contributed by atoms with Crippen molar-refractivity contribution in [2.24, 2.45) is 5.92 Å². The summed E-state index contributed by atoms with van der Waals surface area (Å²) in [6.45, 7) is 0.137. The van der Waals surface area contributed by atoms with Gasteiger partial charge in [0.15, 0.2) is 0 Å². The molecule has 5 nitrogen and oxygen atoms in total. The van der Waals surface area contributed by atoms with Crippen LogP contribution in [0.15, 0.2) is 36.4 Å². The second-order valence-electron chi connectivity index (χ2n) is 6.17. The van der Waals surface area contributed by atoms with Gasteiger partial charge in [-0.05, 0) is 53.8 Å². The summed E-state index contributed by atoms with van der Waals surface area (Å²) in [5.41, 5.74) is 0.818. The van der Waals surface area contributed by atoms with Crippen LogP contribution in [0.5, 0.6) is 5.75 Å². The quantitative estimate of drug-likeness (QED) is 0.829. The van der Waals surface area contributed by atoms with E-state index in [0.29, 0.717) is 12.0 Å². The third kappa shape index (κ3) is 3.66. The lowest BCUT2D eigenvalue weighted by Crippen LogP contribution is -2.25. The van der Waals surface area contributed by atoms with Crippen LogP contribution in [-0.4, -0.2) is 24.1 Å². The SMILES string of the molecule is COc1ccc(CNC(=O)[C@@H]2C[C@@H]2c2cc(F)ccc2F)cc1C(=O)O. The van der Waals surface area contributed by atoms with Crippen LogP contribution in [0.1, 0.15) is 33.8 Å². The molecule has 0 aliphatic heterocycles. The van der Waals surface area contributed by atoms with E-state index >= 15 is 0 Å². The summed E-state index contributed by atoms with van der Waals surface area (Å²) >= 11 is 0. The van der Waals surface area contributed by atoms with Crippen LogP contribution in [0.4, 0.5) is 8.78 Å². The number of methoxy groups -OCH3 is 1. The topological polar surface area (TPSA) is 75.6 Å². The lowest BCUT2D eigenvalue weighted by Gasteiger charge is -2.09. The van der Waals surface area contributed by atoms with Crippen molar-refractivity contribution in [3.63, 3.8) is 0 Å². The highest BCUT2D eigenvalue weighted by Crippen LogP contribution is 2.48. The van der Waals surface area contributed by atoms with Crippen molar-refractivity contribution in [1.82, 2.24) is 5.32 Å². The summed E-state index contributed by atoms with van der Waals surface area (Å²) in [4.78, 5) is 23.4. The van der Waals surface area contributed by atoms with Crippen LogP contribution in [0.25, 0.3) is 0 Å². The van der Waals surface area contributed by atoms with E-state index in [9.17, 15) is 23.5 Å². The molecule has 136 valence electrons. The van der Waals surface area contributed by atoms with E-state index in [-0.39, 0.29) is 35.2 Å². The zero-order chi connectivity index (χ0) is 18.8. The van der Waals surface area contributed by atoms with Gasteiger partial charge in [-0.1, -0.05) is 6.07 Å². The lowest BCUT2D eigenvalue weighted by molar-refractivity contribution is -0.122. The average molecular weight is 361 g/mol. The summed E-state index contributed by atoms with van der Waals surface area (Å²) < 4.78 is 32.0. The maximum Gasteiger partial charge on any atom is 0.339 e. The van der Waals surface area contributed by atoms with Gasteiger partial charge in [0.2, 0.25) is 5.91 Å². The Morgan fingerprint density at radius 3 is 2.69 bits per heavy atom. The summed E-state index contributed by atoms with van der Waals surface area (Å²) in [5.74, 6) is -2.97. The van der Waals surface area contributed by atoms with Crippen molar-refractivity contribution >= 4 is 11.9 Å². The number of benzene rings is 2. The maximum atomic E-state index is 13.8. The number of rotatable bonds is 6. The van der Waals surface area contributed by atoms with Crippen molar-refractivity contribution in [3.8, 4) is 5.75 Å². The number of nitrogens with one attached hydrogen (secondary N) is 1. The number of carboxylic acids is 1. The highest BCUT2D eigenvalue weighted by atomic mass is 19.1. The summed E-state index contributed by atoms with van der Waals surface area (Å²) in [7, 11) is 1.38. The second kappa shape index (κ2) is 7.11. The van der Waals surface area contributed by atoms with Crippen LogP contribution in [0, 0.1) is 17.6 Å². The molecule has 1 aliphatic rings. The third-order valence-corrected chi connectivity index (χ3v) is 4.45. The zero-order valence-electron chi connectivity index (χ0n) is 14.0. The Kier molecular flexibility index (Phi) is 4.88. The molecule has 1 aliphatic carbocycles. The van der Waals surface area contributed by atoms with E-state index in [4.69, 9.17) is 4.74 Å². The zero-order valence-corrected chi connectivity index (χ0v) is 14.0. The van der Waals surface area contributed by atoms with Crippen LogP contribution in [0.2, 0.25) is 0 Å². The van der Waals surface area contributed by atoms with E-state index in [1.807, 2.05) is 0 Å². The molecule has 0 unspecified atom stereocenters. The van der Waals surface area contributed by atoms with Gasteiger partial charge in [0.05, 0.1) is 7.11 Å². The van der Waals surface area contributed by atoms with Crippen LogP contribution >= 0.6 is 0 Å². The van der Waals surface area contributed by atoms with Crippen LogP contribution in [-0.2, 0) is 11.3 Å². The van der Waals surface area contributed by atoms with Gasteiger partial charge in [-0.15, -0.1) is 0 Å². The first-order chi connectivity index (χ1) is 12.4. The number of carbonyl (C=O) groups is 2. The number of carboxylic acid groups (broad SMARTS) is 1. The van der Waals surface area contributed by atoms with Crippen molar-refractivity contribution < 1.29 is 28.2 Å². The Morgan fingerprint density at radius 1 is 1.23 bits per heavy atom. The van der Waals surface area contributed by atoms with Gasteiger partial charge in [0, 0.05) is 12.5 Å². The van der Waals surface area contributed by atoms with Crippen LogP contribution < -0.4 is 10.1 Å². The summed E-state index contributed by atoms with van der Waals surface area (Å²) in [6, 6.07) is 7.83. The average Bonchev–Trinajstić information content (AvgIpc) is 3.42. The largest absolute Gasteiger partial charge is 0.496 e.